The average molecular weight is 463 g/mol. The van der Waals surface area contributed by atoms with Gasteiger partial charge in [-0.15, -0.1) is 0 Å². The van der Waals surface area contributed by atoms with Gasteiger partial charge in [-0.05, 0) is 12.1 Å². The second kappa shape index (κ2) is 10.3. The monoisotopic (exact) mass is 463 g/mol. The number of benzene rings is 1. The molecule has 2 saturated heterocycles. The lowest BCUT2D eigenvalue weighted by Crippen LogP contribution is -2.64. The third-order valence-corrected chi connectivity index (χ3v) is 5.26. The Kier molecular flexibility index (Phi) is 7.94. The summed E-state index contributed by atoms with van der Waals surface area (Å²) in [5.74, 6) is 0.207. The normalized spacial score (nSPS) is 40.1. The van der Waals surface area contributed by atoms with E-state index in [1.807, 2.05) is 0 Å². The van der Waals surface area contributed by atoms with E-state index in [9.17, 15) is 45.9 Å². The first kappa shape index (κ1) is 24.7. The Morgan fingerprint density at radius 3 is 2.12 bits per heavy atom. The first-order valence-electron chi connectivity index (χ1n) is 9.67. The van der Waals surface area contributed by atoms with Crippen LogP contribution >= 0.6 is 0 Å². The standard InChI is InChI=1S/C18H25NO13/c20-5-9-16(13(23)14(24)17(26)30-9)32-18-15(25)12(22)11(21)10(31-18)6-29-8-3-1-7(2-4-8)19(27)28/h1-4,9-18,20-26H,5-6H2/t9-,10-,11-,12+,13-,14-,15-,16-,17-,18+/m1/s1. The largest absolute Gasteiger partial charge is 0.491 e. The minimum Gasteiger partial charge on any atom is -0.491 e. The first-order valence-corrected chi connectivity index (χ1v) is 9.67. The summed E-state index contributed by atoms with van der Waals surface area (Å²) in [6.45, 7) is -1.07. The minimum absolute atomic E-state index is 0.155. The highest BCUT2D eigenvalue weighted by Gasteiger charge is 2.50. The SMILES string of the molecule is O=[N+]([O-])c1ccc(OC[C@H]2O[C@@H](O[C@H]3[C@H](O)[C@@H](O)[C@H](O)O[C@@H]3CO)[C@H](O)[C@@H](O)[C@@H]2O)cc1. The molecule has 180 valence electrons. The summed E-state index contributed by atoms with van der Waals surface area (Å²) in [6, 6.07) is 5.05. The van der Waals surface area contributed by atoms with Crippen LogP contribution in [0, 0.1) is 10.1 Å². The summed E-state index contributed by atoms with van der Waals surface area (Å²) in [5, 5.41) is 80.3. The highest BCUT2D eigenvalue weighted by molar-refractivity contribution is 5.36. The van der Waals surface area contributed by atoms with Crippen LogP contribution in [0.2, 0.25) is 0 Å². The molecule has 2 aliphatic rings. The van der Waals surface area contributed by atoms with Crippen molar-refractivity contribution in [1.82, 2.24) is 0 Å². The number of aliphatic hydroxyl groups is 7. The Labute approximate surface area is 180 Å². The van der Waals surface area contributed by atoms with Gasteiger partial charge < -0.3 is 54.7 Å². The van der Waals surface area contributed by atoms with Crippen LogP contribution in [-0.4, -0.2) is 115 Å². The van der Waals surface area contributed by atoms with Gasteiger partial charge in [-0.3, -0.25) is 10.1 Å². The number of nitrogens with zero attached hydrogens (tertiary/aromatic N) is 1. The summed E-state index contributed by atoms with van der Waals surface area (Å²) in [7, 11) is 0. The van der Waals surface area contributed by atoms with E-state index < -0.39 is 72.9 Å². The molecule has 0 radical (unpaired) electrons. The molecule has 3 rings (SSSR count). The smallest absolute Gasteiger partial charge is 0.269 e. The predicted molar refractivity (Wildman–Crippen MR) is 100 cm³/mol. The zero-order chi connectivity index (χ0) is 23.6. The Morgan fingerprint density at radius 1 is 0.875 bits per heavy atom. The van der Waals surface area contributed by atoms with Crippen molar-refractivity contribution >= 4 is 5.69 Å². The van der Waals surface area contributed by atoms with Crippen molar-refractivity contribution in [3.8, 4) is 5.75 Å². The third kappa shape index (κ3) is 5.15. The Morgan fingerprint density at radius 2 is 1.53 bits per heavy atom. The van der Waals surface area contributed by atoms with Gasteiger partial charge in [0, 0.05) is 12.1 Å². The van der Waals surface area contributed by atoms with E-state index in [-0.39, 0.29) is 18.0 Å². The van der Waals surface area contributed by atoms with Crippen LogP contribution in [0.5, 0.6) is 5.75 Å². The second-order valence-electron chi connectivity index (χ2n) is 7.41. The molecule has 1 aromatic carbocycles. The molecule has 0 saturated carbocycles. The maximum atomic E-state index is 10.7. The van der Waals surface area contributed by atoms with E-state index in [2.05, 4.69) is 0 Å². The molecule has 10 atom stereocenters. The Hall–Kier alpha value is -1.98. The van der Waals surface area contributed by atoms with Crippen molar-refractivity contribution in [2.45, 2.75) is 61.4 Å². The van der Waals surface area contributed by atoms with Crippen LogP contribution in [0.15, 0.2) is 24.3 Å². The van der Waals surface area contributed by atoms with Gasteiger partial charge in [0.05, 0.1) is 11.5 Å². The zero-order valence-electron chi connectivity index (χ0n) is 16.5. The van der Waals surface area contributed by atoms with Gasteiger partial charge >= 0.3 is 0 Å². The van der Waals surface area contributed by atoms with Crippen molar-refractivity contribution in [2.75, 3.05) is 13.2 Å². The summed E-state index contributed by atoms with van der Waals surface area (Å²) in [4.78, 5) is 10.1. The van der Waals surface area contributed by atoms with E-state index in [0.29, 0.717) is 0 Å². The van der Waals surface area contributed by atoms with Gasteiger partial charge in [-0.2, -0.15) is 0 Å². The van der Waals surface area contributed by atoms with Crippen LogP contribution in [0.3, 0.4) is 0 Å². The fourth-order valence-corrected chi connectivity index (χ4v) is 3.40. The number of nitro benzene ring substituents is 1. The van der Waals surface area contributed by atoms with Crippen LogP contribution in [0.1, 0.15) is 0 Å². The van der Waals surface area contributed by atoms with Crippen LogP contribution in [-0.2, 0) is 14.2 Å². The molecule has 14 nitrogen and oxygen atoms in total. The summed E-state index contributed by atoms with van der Waals surface area (Å²) >= 11 is 0. The van der Waals surface area contributed by atoms with Crippen molar-refractivity contribution in [2.24, 2.45) is 0 Å². The highest BCUT2D eigenvalue weighted by Crippen LogP contribution is 2.29. The van der Waals surface area contributed by atoms with E-state index in [4.69, 9.17) is 18.9 Å². The predicted octanol–water partition coefficient (Wildman–Crippen LogP) is -3.40. The lowest BCUT2D eigenvalue weighted by atomic mass is 9.97. The number of nitro groups is 1. The van der Waals surface area contributed by atoms with Crippen molar-refractivity contribution in [1.29, 1.82) is 0 Å². The van der Waals surface area contributed by atoms with Crippen LogP contribution in [0.25, 0.3) is 0 Å². The molecule has 1 aromatic rings. The lowest BCUT2D eigenvalue weighted by Gasteiger charge is -2.45. The number of hydrogen-bond donors (Lipinski definition) is 7. The van der Waals surface area contributed by atoms with Crippen molar-refractivity contribution in [3.05, 3.63) is 34.4 Å². The molecule has 0 amide bonds. The molecule has 7 N–H and O–H groups in total. The maximum absolute atomic E-state index is 10.7. The number of rotatable bonds is 7. The molecule has 0 unspecified atom stereocenters. The van der Waals surface area contributed by atoms with Gasteiger partial charge in [0.25, 0.3) is 5.69 Å². The topological polar surface area (TPSA) is 222 Å². The van der Waals surface area contributed by atoms with Crippen LogP contribution in [0.4, 0.5) is 5.69 Å². The van der Waals surface area contributed by atoms with Gasteiger partial charge in [0.15, 0.2) is 12.6 Å². The minimum atomic E-state index is -1.78. The maximum Gasteiger partial charge on any atom is 0.269 e. The van der Waals surface area contributed by atoms with E-state index in [1.54, 1.807) is 0 Å². The molecule has 0 spiro atoms. The first-order chi connectivity index (χ1) is 15.1. The second-order valence-corrected chi connectivity index (χ2v) is 7.41. The van der Waals surface area contributed by atoms with Crippen molar-refractivity contribution in [3.63, 3.8) is 0 Å². The zero-order valence-corrected chi connectivity index (χ0v) is 16.5. The molecule has 32 heavy (non-hydrogen) atoms. The fourth-order valence-electron chi connectivity index (χ4n) is 3.40. The number of hydrogen-bond acceptors (Lipinski definition) is 13. The van der Waals surface area contributed by atoms with Gasteiger partial charge in [0.2, 0.25) is 0 Å². The molecular weight excluding hydrogens is 438 g/mol. The van der Waals surface area contributed by atoms with Gasteiger partial charge in [0.1, 0.15) is 61.2 Å². The molecule has 0 aliphatic carbocycles. The third-order valence-electron chi connectivity index (χ3n) is 5.26. The van der Waals surface area contributed by atoms with Gasteiger partial charge in [-0.1, -0.05) is 0 Å². The molecule has 0 aromatic heterocycles. The Balaban J connectivity index is 1.67. The molecular formula is C18H25NO13. The molecule has 14 heteroatoms. The van der Waals surface area contributed by atoms with Crippen molar-refractivity contribution < 1.29 is 59.6 Å². The quantitative estimate of drug-likeness (QED) is 0.155. The molecule has 2 fully saturated rings. The van der Waals surface area contributed by atoms with E-state index in [0.717, 1.165) is 0 Å². The number of ether oxygens (including phenoxy) is 4. The number of non-ortho nitro benzene ring substituents is 1. The lowest BCUT2D eigenvalue weighted by molar-refractivity contribution is -0.384. The fraction of sp³-hybridized carbons (Fsp3) is 0.667. The molecule has 2 aliphatic heterocycles. The summed E-state index contributed by atoms with van der Waals surface area (Å²) in [6.07, 6.45) is -16.1. The van der Waals surface area contributed by atoms with Crippen LogP contribution < -0.4 is 4.74 Å². The molecule has 0 bridgehead atoms. The van der Waals surface area contributed by atoms with Gasteiger partial charge in [-0.25, -0.2) is 0 Å². The molecule has 2 heterocycles. The summed E-state index contributed by atoms with van der Waals surface area (Å²) in [5.41, 5.74) is -0.155. The Bertz CT molecular complexity index is 762. The van der Waals surface area contributed by atoms with E-state index in [1.165, 1.54) is 24.3 Å². The average Bonchev–Trinajstić information content (AvgIpc) is 2.78. The van der Waals surface area contributed by atoms with E-state index >= 15 is 0 Å². The number of aliphatic hydroxyl groups excluding tert-OH is 7. The highest BCUT2D eigenvalue weighted by atomic mass is 16.7. The summed E-state index contributed by atoms with van der Waals surface area (Å²) < 4.78 is 21.3.